The van der Waals surface area contributed by atoms with Gasteiger partial charge in [0.25, 0.3) is 0 Å². The van der Waals surface area contributed by atoms with E-state index in [1.54, 1.807) is 7.11 Å². The summed E-state index contributed by atoms with van der Waals surface area (Å²) in [5, 5.41) is 0. The van der Waals surface area contributed by atoms with Gasteiger partial charge in [0, 0.05) is 5.56 Å². The molecule has 1 saturated carbocycles. The van der Waals surface area contributed by atoms with Crippen LogP contribution in [0.15, 0.2) is 23.2 Å². The smallest absolute Gasteiger partial charge is 0.216 e. The Balaban J connectivity index is 1.84. The third kappa shape index (κ3) is 2.67. The zero-order chi connectivity index (χ0) is 13.1. The highest BCUT2D eigenvalue weighted by Gasteiger charge is 2.20. The van der Waals surface area contributed by atoms with Gasteiger partial charge < -0.3 is 14.2 Å². The molecule has 1 aliphatic carbocycles. The van der Waals surface area contributed by atoms with Crippen LogP contribution in [0.3, 0.4) is 0 Å². The molecule has 0 radical (unpaired) electrons. The summed E-state index contributed by atoms with van der Waals surface area (Å²) in [4.78, 5) is 4.33. The van der Waals surface area contributed by atoms with Gasteiger partial charge in [-0.15, -0.1) is 0 Å². The number of rotatable bonds is 4. The molecule has 4 heteroatoms. The van der Waals surface area contributed by atoms with Crippen molar-refractivity contribution in [1.82, 2.24) is 0 Å². The van der Waals surface area contributed by atoms with Crippen LogP contribution in [0.1, 0.15) is 31.2 Å². The maximum atomic E-state index is 6.06. The van der Waals surface area contributed by atoms with Crippen molar-refractivity contribution < 1.29 is 14.2 Å². The molecule has 19 heavy (non-hydrogen) atoms. The quantitative estimate of drug-likeness (QED) is 0.836. The number of aliphatic imine (C=N–C) groups is 1. The van der Waals surface area contributed by atoms with Crippen molar-refractivity contribution in [1.29, 1.82) is 0 Å². The fourth-order valence-electron chi connectivity index (χ4n) is 2.60. The molecule has 3 rings (SSSR count). The lowest BCUT2D eigenvalue weighted by Crippen LogP contribution is -2.12. The number of benzene rings is 1. The van der Waals surface area contributed by atoms with Gasteiger partial charge in [0.2, 0.25) is 5.90 Å². The van der Waals surface area contributed by atoms with Gasteiger partial charge in [0.1, 0.15) is 6.61 Å². The predicted octanol–water partition coefficient (Wildman–Crippen LogP) is 2.79. The average Bonchev–Trinajstić information content (AvgIpc) is 3.11. The molecular weight excluding hydrogens is 242 g/mol. The molecule has 0 N–H and O–H groups in total. The van der Waals surface area contributed by atoms with Crippen molar-refractivity contribution in [2.24, 2.45) is 4.99 Å². The molecule has 1 aromatic carbocycles. The second-order valence-electron chi connectivity index (χ2n) is 4.93. The Bertz CT molecular complexity index is 478. The van der Waals surface area contributed by atoms with E-state index in [4.69, 9.17) is 14.2 Å². The van der Waals surface area contributed by atoms with Gasteiger partial charge in [0.15, 0.2) is 11.5 Å². The molecule has 1 aromatic rings. The standard InChI is InChI=1S/C15H19NO3/c1-17-13-7-6-11(15-16-8-9-18-15)10-14(13)19-12-4-2-3-5-12/h6-7,10,12H,2-5,8-9H2,1H3. The second kappa shape index (κ2) is 5.51. The van der Waals surface area contributed by atoms with Crippen LogP contribution < -0.4 is 9.47 Å². The van der Waals surface area contributed by atoms with E-state index in [-0.39, 0.29) is 0 Å². The summed E-state index contributed by atoms with van der Waals surface area (Å²) in [6.45, 7) is 1.40. The van der Waals surface area contributed by atoms with Gasteiger partial charge >= 0.3 is 0 Å². The summed E-state index contributed by atoms with van der Waals surface area (Å²) >= 11 is 0. The molecule has 102 valence electrons. The lowest BCUT2D eigenvalue weighted by molar-refractivity contribution is 0.200. The molecule has 0 amide bonds. The lowest BCUT2D eigenvalue weighted by Gasteiger charge is -2.16. The van der Waals surface area contributed by atoms with Crippen molar-refractivity contribution in [3.8, 4) is 11.5 Å². The lowest BCUT2D eigenvalue weighted by atomic mass is 10.2. The molecule has 0 aromatic heterocycles. The highest BCUT2D eigenvalue weighted by atomic mass is 16.5. The number of methoxy groups -OCH3 is 1. The molecule has 2 aliphatic rings. The second-order valence-corrected chi connectivity index (χ2v) is 4.93. The molecule has 0 bridgehead atoms. The Morgan fingerprint density at radius 2 is 2.05 bits per heavy atom. The van der Waals surface area contributed by atoms with Crippen molar-refractivity contribution >= 4 is 5.90 Å². The zero-order valence-electron chi connectivity index (χ0n) is 11.2. The predicted molar refractivity (Wildman–Crippen MR) is 73.2 cm³/mol. The van der Waals surface area contributed by atoms with Gasteiger partial charge in [-0.1, -0.05) is 0 Å². The number of hydrogen-bond donors (Lipinski definition) is 0. The Kier molecular flexibility index (Phi) is 3.58. The summed E-state index contributed by atoms with van der Waals surface area (Å²) in [6, 6.07) is 5.86. The van der Waals surface area contributed by atoms with Crippen LogP contribution in [0.2, 0.25) is 0 Å². The summed E-state index contributed by atoms with van der Waals surface area (Å²) in [7, 11) is 1.67. The van der Waals surface area contributed by atoms with Gasteiger partial charge in [0.05, 0.1) is 19.8 Å². The summed E-state index contributed by atoms with van der Waals surface area (Å²) in [6.07, 6.45) is 5.08. The van der Waals surface area contributed by atoms with E-state index >= 15 is 0 Å². The van der Waals surface area contributed by atoms with Crippen LogP contribution in [0, 0.1) is 0 Å². The first-order chi connectivity index (χ1) is 9.36. The first kappa shape index (κ1) is 12.3. The third-order valence-electron chi connectivity index (χ3n) is 3.59. The number of ether oxygens (including phenoxy) is 3. The topological polar surface area (TPSA) is 40.0 Å². The maximum absolute atomic E-state index is 6.06. The molecule has 1 fully saturated rings. The fraction of sp³-hybridized carbons (Fsp3) is 0.533. The van der Waals surface area contributed by atoms with Crippen LogP contribution in [-0.4, -0.2) is 32.3 Å². The van der Waals surface area contributed by atoms with Gasteiger partial charge in [-0.2, -0.15) is 0 Å². The van der Waals surface area contributed by atoms with E-state index in [1.165, 1.54) is 12.8 Å². The highest BCUT2D eigenvalue weighted by Crippen LogP contribution is 2.32. The number of nitrogens with zero attached hydrogens (tertiary/aromatic N) is 1. The minimum atomic E-state index is 0.315. The molecule has 0 spiro atoms. The van der Waals surface area contributed by atoms with Crippen molar-refractivity contribution in [3.05, 3.63) is 23.8 Å². The van der Waals surface area contributed by atoms with Crippen LogP contribution in [0.5, 0.6) is 11.5 Å². The van der Waals surface area contributed by atoms with E-state index in [0.717, 1.165) is 36.4 Å². The van der Waals surface area contributed by atoms with Crippen LogP contribution in [0.25, 0.3) is 0 Å². The monoisotopic (exact) mass is 261 g/mol. The van der Waals surface area contributed by atoms with E-state index in [2.05, 4.69) is 4.99 Å². The average molecular weight is 261 g/mol. The zero-order valence-corrected chi connectivity index (χ0v) is 11.2. The molecule has 4 nitrogen and oxygen atoms in total. The van der Waals surface area contributed by atoms with Gasteiger partial charge in [-0.25, -0.2) is 4.99 Å². The van der Waals surface area contributed by atoms with Crippen LogP contribution in [-0.2, 0) is 4.74 Å². The van der Waals surface area contributed by atoms with Gasteiger partial charge in [-0.05, 0) is 43.9 Å². The Morgan fingerprint density at radius 3 is 2.74 bits per heavy atom. The van der Waals surface area contributed by atoms with E-state index in [1.807, 2.05) is 18.2 Å². The minimum Gasteiger partial charge on any atom is -0.493 e. The molecule has 0 unspecified atom stereocenters. The first-order valence-electron chi connectivity index (χ1n) is 6.89. The largest absolute Gasteiger partial charge is 0.493 e. The Hall–Kier alpha value is -1.71. The molecular formula is C15H19NO3. The minimum absolute atomic E-state index is 0.315. The van der Waals surface area contributed by atoms with E-state index in [0.29, 0.717) is 18.6 Å². The highest BCUT2D eigenvalue weighted by molar-refractivity contribution is 5.95. The van der Waals surface area contributed by atoms with E-state index < -0.39 is 0 Å². The molecule has 1 heterocycles. The normalized spacial score (nSPS) is 19.1. The molecule has 0 saturated heterocycles. The Labute approximate surface area is 113 Å². The summed E-state index contributed by atoms with van der Waals surface area (Å²) < 4.78 is 16.9. The van der Waals surface area contributed by atoms with Crippen LogP contribution in [0.4, 0.5) is 0 Å². The van der Waals surface area contributed by atoms with Crippen molar-refractivity contribution in [2.45, 2.75) is 31.8 Å². The van der Waals surface area contributed by atoms with Crippen molar-refractivity contribution in [3.63, 3.8) is 0 Å². The SMILES string of the molecule is COc1ccc(C2=NCCO2)cc1OC1CCCC1. The molecule has 1 aliphatic heterocycles. The third-order valence-corrected chi connectivity index (χ3v) is 3.59. The molecule has 0 atom stereocenters. The van der Waals surface area contributed by atoms with Crippen LogP contribution >= 0.6 is 0 Å². The Morgan fingerprint density at radius 1 is 1.21 bits per heavy atom. The number of hydrogen-bond acceptors (Lipinski definition) is 4. The van der Waals surface area contributed by atoms with Crippen molar-refractivity contribution in [2.75, 3.05) is 20.3 Å². The maximum Gasteiger partial charge on any atom is 0.216 e. The fourth-order valence-corrected chi connectivity index (χ4v) is 2.60. The van der Waals surface area contributed by atoms with E-state index in [9.17, 15) is 0 Å². The summed E-state index contributed by atoms with van der Waals surface area (Å²) in [5.74, 6) is 2.28. The summed E-state index contributed by atoms with van der Waals surface area (Å²) in [5.41, 5.74) is 0.964. The first-order valence-corrected chi connectivity index (χ1v) is 6.89. The van der Waals surface area contributed by atoms with Gasteiger partial charge in [-0.3, -0.25) is 0 Å².